The van der Waals surface area contributed by atoms with Gasteiger partial charge in [-0.1, -0.05) is 12.1 Å². The number of aliphatic hydroxyl groups excluding tert-OH is 1. The summed E-state index contributed by atoms with van der Waals surface area (Å²) >= 11 is 0. The van der Waals surface area contributed by atoms with Gasteiger partial charge in [0.15, 0.2) is 0 Å². The fourth-order valence-corrected chi connectivity index (χ4v) is 4.90. The summed E-state index contributed by atoms with van der Waals surface area (Å²) in [6.45, 7) is 0.236. The molecule has 8 nitrogen and oxygen atoms in total. The molecule has 1 heterocycles. The van der Waals surface area contributed by atoms with E-state index in [1.54, 1.807) is 18.2 Å². The molecule has 1 amide bonds. The highest BCUT2D eigenvalue weighted by Gasteiger charge is 2.35. The van der Waals surface area contributed by atoms with Crippen LogP contribution in [0.1, 0.15) is 32.1 Å². The lowest BCUT2D eigenvalue weighted by Gasteiger charge is -2.36. The molecule has 0 unspecified atom stereocenters. The predicted octanol–water partition coefficient (Wildman–Crippen LogP) is 0.798. The highest BCUT2D eigenvalue weighted by Crippen LogP contribution is 2.29. The maximum atomic E-state index is 12.8. The molecular weight excluding hydrogens is 384 g/mol. The number of hydrogen-bond donors (Lipinski definition) is 3. The topological polar surface area (TPSA) is 114 Å². The maximum Gasteiger partial charge on any atom is 0.244 e. The third-order valence-corrected chi connectivity index (χ3v) is 6.70. The molecule has 1 saturated carbocycles. The lowest BCUT2D eigenvalue weighted by atomic mass is 9.98. The monoisotopic (exact) mass is 412 g/mol. The molecule has 1 aliphatic heterocycles. The highest BCUT2D eigenvalue weighted by atomic mass is 32.2. The van der Waals surface area contributed by atoms with Gasteiger partial charge in [-0.3, -0.25) is 4.79 Å². The van der Waals surface area contributed by atoms with Gasteiger partial charge >= 0.3 is 0 Å². The second kappa shape index (κ2) is 9.21. The normalized spacial score (nSPS) is 25.3. The first-order valence-electron chi connectivity index (χ1n) is 9.64. The molecule has 0 radical (unpaired) electrons. The second-order valence-electron chi connectivity index (χ2n) is 7.29. The van der Waals surface area contributed by atoms with E-state index >= 15 is 0 Å². The number of benzene rings is 1. The van der Waals surface area contributed by atoms with Gasteiger partial charge in [-0.05, 0) is 44.2 Å². The Hall–Kier alpha value is -1.68. The van der Waals surface area contributed by atoms with Gasteiger partial charge in [-0.15, -0.1) is 0 Å². The van der Waals surface area contributed by atoms with Crippen LogP contribution in [0.3, 0.4) is 0 Å². The van der Waals surface area contributed by atoms with Crippen molar-refractivity contribution in [3.63, 3.8) is 0 Å². The Labute approximate surface area is 165 Å². The molecule has 0 bridgehead atoms. The zero-order valence-electron chi connectivity index (χ0n) is 16.0. The van der Waals surface area contributed by atoms with Crippen molar-refractivity contribution in [1.29, 1.82) is 0 Å². The van der Waals surface area contributed by atoms with Gasteiger partial charge in [-0.25, -0.2) is 13.1 Å². The minimum Gasteiger partial charge on any atom is -0.495 e. The Morgan fingerprint density at radius 3 is 2.68 bits per heavy atom. The molecule has 156 valence electrons. The number of para-hydroxylation sites is 1. The second-order valence-corrected chi connectivity index (χ2v) is 8.97. The molecule has 9 heteroatoms. The van der Waals surface area contributed by atoms with E-state index in [2.05, 4.69) is 10.0 Å². The van der Waals surface area contributed by atoms with E-state index in [9.17, 15) is 18.3 Å². The molecule has 0 spiro atoms. The lowest BCUT2D eigenvalue weighted by Crippen LogP contribution is -2.51. The Morgan fingerprint density at radius 1 is 1.25 bits per heavy atom. The van der Waals surface area contributed by atoms with Crippen LogP contribution in [0.2, 0.25) is 0 Å². The quantitative estimate of drug-likeness (QED) is 0.553. The maximum absolute atomic E-state index is 12.8. The van der Waals surface area contributed by atoms with Gasteiger partial charge in [-0.2, -0.15) is 0 Å². The number of nitrogens with one attached hydrogen (secondary N) is 2. The van der Waals surface area contributed by atoms with Crippen LogP contribution < -0.4 is 14.8 Å². The third-order valence-electron chi connectivity index (χ3n) is 5.17. The van der Waals surface area contributed by atoms with Crippen LogP contribution in [-0.4, -0.2) is 57.9 Å². The first kappa shape index (κ1) is 21.0. The van der Waals surface area contributed by atoms with Crippen molar-refractivity contribution in [2.75, 3.05) is 20.3 Å². The number of carbonyl (C=O) groups is 1. The Kier molecular flexibility index (Phi) is 6.92. The Morgan fingerprint density at radius 2 is 2.00 bits per heavy atom. The van der Waals surface area contributed by atoms with Crippen molar-refractivity contribution >= 4 is 15.9 Å². The van der Waals surface area contributed by atoms with E-state index < -0.39 is 22.2 Å². The molecule has 28 heavy (non-hydrogen) atoms. The summed E-state index contributed by atoms with van der Waals surface area (Å²) in [5.74, 6) is 0.528. The number of rotatable bonds is 9. The minimum absolute atomic E-state index is 0.0547. The van der Waals surface area contributed by atoms with Gasteiger partial charge in [0.2, 0.25) is 15.9 Å². The molecule has 1 saturated heterocycles. The number of amides is 1. The van der Waals surface area contributed by atoms with E-state index in [1.165, 1.54) is 13.2 Å². The van der Waals surface area contributed by atoms with Crippen molar-refractivity contribution in [3.8, 4) is 5.75 Å². The summed E-state index contributed by atoms with van der Waals surface area (Å²) in [7, 11) is -2.40. The van der Waals surface area contributed by atoms with Crippen LogP contribution in [0.15, 0.2) is 29.2 Å². The van der Waals surface area contributed by atoms with Crippen LogP contribution >= 0.6 is 0 Å². The summed E-state index contributed by atoms with van der Waals surface area (Å²) in [6, 6.07) is 5.86. The zero-order chi connectivity index (χ0) is 20.1. The van der Waals surface area contributed by atoms with Gasteiger partial charge in [0.25, 0.3) is 0 Å². The largest absolute Gasteiger partial charge is 0.495 e. The van der Waals surface area contributed by atoms with Crippen molar-refractivity contribution in [2.24, 2.45) is 5.92 Å². The van der Waals surface area contributed by atoms with Crippen molar-refractivity contribution in [1.82, 2.24) is 10.0 Å². The summed E-state index contributed by atoms with van der Waals surface area (Å²) < 4.78 is 39.2. The number of methoxy groups -OCH3 is 1. The molecule has 0 aromatic heterocycles. The molecule has 1 aromatic carbocycles. The fourth-order valence-electron chi connectivity index (χ4n) is 3.43. The van der Waals surface area contributed by atoms with E-state index in [0.29, 0.717) is 25.8 Å². The number of carbonyl (C=O) groups excluding carboxylic acids is 1. The average molecular weight is 413 g/mol. The molecule has 3 atom stereocenters. The number of ether oxygens (including phenoxy) is 2. The van der Waals surface area contributed by atoms with Crippen LogP contribution in [0.25, 0.3) is 0 Å². The fraction of sp³-hybridized carbons (Fsp3) is 0.632. The van der Waals surface area contributed by atoms with Crippen LogP contribution in [0.4, 0.5) is 0 Å². The third kappa shape index (κ3) is 5.22. The molecule has 2 fully saturated rings. The number of sulfonamides is 1. The van der Waals surface area contributed by atoms with Crippen molar-refractivity contribution in [3.05, 3.63) is 24.3 Å². The zero-order valence-corrected chi connectivity index (χ0v) is 16.8. The molecule has 1 aliphatic carbocycles. The van der Waals surface area contributed by atoms with Gasteiger partial charge in [0, 0.05) is 12.5 Å². The lowest BCUT2D eigenvalue weighted by molar-refractivity contribution is -0.122. The van der Waals surface area contributed by atoms with Crippen LogP contribution in [0, 0.1) is 5.92 Å². The highest BCUT2D eigenvalue weighted by molar-refractivity contribution is 7.89. The molecule has 2 aliphatic rings. The first-order valence-corrected chi connectivity index (χ1v) is 11.1. The van der Waals surface area contributed by atoms with Crippen molar-refractivity contribution < 1.29 is 27.8 Å². The minimum atomic E-state index is -3.82. The van der Waals surface area contributed by atoms with E-state index in [-0.39, 0.29) is 35.2 Å². The molecule has 3 rings (SSSR count). The molecule has 1 aromatic rings. The Balaban J connectivity index is 1.55. The van der Waals surface area contributed by atoms with E-state index in [1.807, 2.05) is 0 Å². The number of hydrogen-bond acceptors (Lipinski definition) is 6. The van der Waals surface area contributed by atoms with Gasteiger partial charge < -0.3 is 19.9 Å². The van der Waals surface area contributed by atoms with Crippen LogP contribution in [0.5, 0.6) is 5.75 Å². The van der Waals surface area contributed by atoms with E-state index in [0.717, 1.165) is 12.8 Å². The SMILES string of the molecule is COc1ccccc1S(=O)(=O)N[C@@H]1CC[C@@H](CCNC(=O)C2CC2)O[C@H]1CO. The standard InChI is InChI=1S/C19H28N2O6S/c1-26-16-4-2-3-5-18(16)28(24,25)21-15-9-8-14(27-17(15)12-22)10-11-20-19(23)13-6-7-13/h2-5,13-15,17,21-22H,6-12H2,1H3,(H,20,23)/t14-,15+,17-/m0/s1. The summed E-state index contributed by atoms with van der Waals surface area (Å²) in [5, 5.41) is 12.6. The Bertz CT molecular complexity index is 780. The predicted molar refractivity (Wildman–Crippen MR) is 102 cm³/mol. The van der Waals surface area contributed by atoms with Gasteiger partial charge in [0.05, 0.1) is 32.0 Å². The summed E-state index contributed by atoms with van der Waals surface area (Å²) in [4.78, 5) is 11.7. The van der Waals surface area contributed by atoms with Crippen LogP contribution in [-0.2, 0) is 19.6 Å². The van der Waals surface area contributed by atoms with Crippen molar-refractivity contribution in [2.45, 2.75) is 55.2 Å². The van der Waals surface area contributed by atoms with E-state index in [4.69, 9.17) is 9.47 Å². The summed E-state index contributed by atoms with van der Waals surface area (Å²) in [6.07, 6.45) is 3.00. The first-order chi connectivity index (χ1) is 13.4. The average Bonchev–Trinajstić information content (AvgIpc) is 3.54. The summed E-state index contributed by atoms with van der Waals surface area (Å²) in [5.41, 5.74) is 0. The molecular formula is C19H28N2O6S. The number of aliphatic hydroxyl groups is 1. The van der Waals surface area contributed by atoms with Gasteiger partial charge in [0.1, 0.15) is 10.6 Å². The smallest absolute Gasteiger partial charge is 0.244 e. The molecule has 3 N–H and O–H groups in total.